The van der Waals surface area contributed by atoms with E-state index in [-0.39, 0.29) is 11.3 Å². The summed E-state index contributed by atoms with van der Waals surface area (Å²) in [4.78, 5) is 4.49. The maximum Gasteiger partial charge on any atom is 0.166 e. The van der Waals surface area contributed by atoms with Crippen molar-refractivity contribution in [3.8, 4) is 28.1 Å². The minimum absolute atomic E-state index is 0.0809. The van der Waals surface area contributed by atoms with Gasteiger partial charge in [0.25, 0.3) is 0 Å². The fourth-order valence-electron chi connectivity index (χ4n) is 2.68. The van der Waals surface area contributed by atoms with Gasteiger partial charge in [-0.3, -0.25) is 0 Å². The molecule has 0 bridgehead atoms. The molecule has 0 spiro atoms. The monoisotopic (exact) mass is 340 g/mol. The van der Waals surface area contributed by atoms with E-state index in [0.29, 0.717) is 29.2 Å². The Morgan fingerprint density at radius 2 is 1.84 bits per heavy atom. The summed E-state index contributed by atoms with van der Waals surface area (Å²) in [5, 5.41) is 13.3. The Morgan fingerprint density at radius 3 is 2.60 bits per heavy atom. The number of hydrogen-bond donors (Lipinski definition) is 2. The van der Waals surface area contributed by atoms with Gasteiger partial charge in [0.05, 0.1) is 5.69 Å². The van der Waals surface area contributed by atoms with Gasteiger partial charge in [0, 0.05) is 17.7 Å². The number of aryl methyl sites for hydroxylation is 1. The number of nitrogens with zero attached hydrogens (tertiary/aromatic N) is 1. The number of phenols is 1. The molecule has 0 radical (unpaired) electrons. The lowest BCUT2D eigenvalue weighted by molar-refractivity contribution is 0.477. The topological polar surface area (TPSA) is 45.1 Å². The Kier molecular flexibility index (Phi) is 4.65. The highest BCUT2D eigenvalue weighted by Gasteiger charge is 2.14. The number of pyridine rings is 1. The number of hydrogen-bond acceptors (Lipinski definition) is 3. The summed E-state index contributed by atoms with van der Waals surface area (Å²) in [6.45, 7) is 4.45. The molecular weight excluding hydrogens is 322 g/mol. The first-order valence-electron chi connectivity index (χ1n) is 8.00. The summed E-state index contributed by atoms with van der Waals surface area (Å²) < 4.78 is 27.8. The maximum absolute atomic E-state index is 14.2. The Labute approximate surface area is 145 Å². The molecular formula is C20H18F2N2O. The third-order valence-electron chi connectivity index (χ3n) is 3.87. The van der Waals surface area contributed by atoms with Gasteiger partial charge in [-0.05, 0) is 49.7 Å². The SMILES string of the molecule is CCNc1cc(-c2cccc(F)c2F)cc(-c2cc(C)ccc2O)n1. The summed E-state index contributed by atoms with van der Waals surface area (Å²) in [5.41, 5.74) is 2.62. The first-order chi connectivity index (χ1) is 12.0. The molecule has 0 aliphatic rings. The van der Waals surface area contributed by atoms with Crippen LogP contribution in [0.4, 0.5) is 14.6 Å². The van der Waals surface area contributed by atoms with Crippen molar-refractivity contribution in [2.24, 2.45) is 0 Å². The zero-order chi connectivity index (χ0) is 18.0. The molecule has 128 valence electrons. The number of anilines is 1. The van der Waals surface area contributed by atoms with E-state index >= 15 is 0 Å². The van der Waals surface area contributed by atoms with Crippen LogP contribution in [0.5, 0.6) is 5.75 Å². The molecule has 3 nitrogen and oxygen atoms in total. The second-order valence-corrected chi connectivity index (χ2v) is 5.78. The molecule has 0 atom stereocenters. The Bertz CT molecular complexity index is 905. The van der Waals surface area contributed by atoms with Crippen LogP contribution >= 0.6 is 0 Å². The summed E-state index contributed by atoms with van der Waals surface area (Å²) in [7, 11) is 0. The van der Waals surface area contributed by atoms with Crippen molar-refractivity contribution < 1.29 is 13.9 Å². The maximum atomic E-state index is 14.2. The molecule has 0 aliphatic carbocycles. The van der Waals surface area contributed by atoms with E-state index in [0.717, 1.165) is 11.6 Å². The third-order valence-corrected chi connectivity index (χ3v) is 3.87. The van der Waals surface area contributed by atoms with E-state index in [9.17, 15) is 13.9 Å². The molecule has 3 aromatic rings. The number of aromatic nitrogens is 1. The lowest BCUT2D eigenvalue weighted by atomic mass is 10.0. The molecule has 5 heteroatoms. The van der Waals surface area contributed by atoms with E-state index in [1.54, 1.807) is 30.3 Å². The highest BCUT2D eigenvalue weighted by molar-refractivity contribution is 5.76. The first kappa shape index (κ1) is 16.9. The zero-order valence-corrected chi connectivity index (χ0v) is 14.0. The minimum atomic E-state index is -0.907. The van der Waals surface area contributed by atoms with E-state index in [4.69, 9.17) is 0 Å². The number of benzene rings is 2. The number of aromatic hydroxyl groups is 1. The van der Waals surface area contributed by atoms with E-state index in [1.807, 2.05) is 13.8 Å². The molecule has 2 aromatic carbocycles. The van der Waals surface area contributed by atoms with Crippen molar-refractivity contribution >= 4 is 5.82 Å². The largest absolute Gasteiger partial charge is 0.507 e. The summed E-state index contributed by atoms with van der Waals surface area (Å²) in [6.07, 6.45) is 0. The molecule has 0 amide bonds. The van der Waals surface area contributed by atoms with Gasteiger partial charge in [-0.1, -0.05) is 23.8 Å². The van der Waals surface area contributed by atoms with E-state index in [2.05, 4.69) is 10.3 Å². The second-order valence-electron chi connectivity index (χ2n) is 5.78. The van der Waals surface area contributed by atoms with Crippen LogP contribution in [-0.4, -0.2) is 16.6 Å². The number of nitrogens with one attached hydrogen (secondary N) is 1. The predicted molar refractivity (Wildman–Crippen MR) is 95.6 cm³/mol. The van der Waals surface area contributed by atoms with Crippen molar-refractivity contribution in [3.05, 3.63) is 65.7 Å². The van der Waals surface area contributed by atoms with E-state index in [1.165, 1.54) is 12.1 Å². The third kappa shape index (κ3) is 3.45. The van der Waals surface area contributed by atoms with Gasteiger partial charge in [0.15, 0.2) is 11.6 Å². The number of halogens is 2. The molecule has 0 unspecified atom stereocenters. The summed E-state index contributed by atoms with van der Waals surface area (Å²) >= 11 is 0. The predicted octanol–water partition coefficient (Wildman–Crippen LogP) is 5.14. The lowest BCUT2D eigenvalue weighted by Crippen LogP contribution is -2.01. The summed E-state index contributed by atoms with van der Waals surface area (Å²) in [6, 6.07) is 12.6. The molecule has 1 aromatic heterocycles. The fourth-order valence-corrected chi connectivity index (χ4v) is 2.68. The van der Waals surface area contributed by atoms with Crippen molar-refractivity contribution in [3.63, 3.8) is 0 Å². The number of phenolic OH excluding ortho intramolecular Hbond substituents is 1. The van der Waals surface area contributed by atoms with Gasteiger partial charge in [-0.25, -0.2) is 13.8 Å². The Hall–Kier alpha value is -2.95. The molecule has 2 N–H and O–H groups in total. The molecule has 25 heavy (non-hydrogen) atoms. The van der Waals surface area contributed by atoms with Gasteiger partial charge < -0.3 is 10.4 Å². The van der Waals surface area contributed by atoms with E-state index < -0.39 is 11.6 Å². The van der Waals surface area contributed by atoms with Crippen LogP contribution in [0, 0.1) is 18.6 Å². The Balaban J connectivity index is 2.22. The van der Waals surface area contributed by atoms with Gasteiger partial charge in [0.2, 0.25) is 0 Å². The highest BCUT2D eigenvalue weighted by atomic mass is 19.2. The van der Waals surface area contributed by atoms with Crippen molar-refractivity contribution in [1.82, 2.24) is 4.98 Å². The van der Waals surface area contributed by atoms with Crippen molar-refractivity contribution in [2.75, 3.05) is 11.9 Å². The van der Waals surface area contributed by atoms with Crippen molar-refractivity contribution in [1.29, 1.82) is 0 Å². The van der Waals surface area contributed by atoms with Crippen LogP contribution in [0.25, 0.3) is 22.4 Å². The van der Waals surface area contributed by atoms with Gasteiger partial charge >= 0.3 is 0 Å². The minimum Gasteiger partial charge on any atom is -0.507 e. The highest BCUT2D eigenvalue weighted by Crippen LogP contribution is 2.34. The lowest BCUT2D eigenvalue weighted by Gasteiger charge is -2.12. The zero-order valence-electron chi connectivity index (χ0n) is 14.0. The van der Waals surface area contributed by atoms with Crippen LogP contribution in [0.2, 0.25) is 0 Å². The average molecular weight is 340 g/mol. The van der Waals surface area contributed by atoms with Gasteiger partial charge in [-0.2, -0.15) is 0 Å². The fraction of sp³-hybridized carbons (Fsp3) is 0.150. The molecule has 0 saturated carbocycles. The van der Waals surface area contributed by atoms with Crippen molar-refractivity contribution in [2.45, 2.75) is 13.8 Å². The van der Waals surface area contributed by atoms with Crippen LogP contribution in [-0.2, 0) is 0 Å². The first-order valence-corrected chi connectivity index (χ1v) is 8.00. The second kappa shape index (κ2) is 6.89. The number of rotatable bonds is 4. The standard InChI is InChI=1S/C20H18F2N2O/c1-3-23-19-11-13(14-5-4-6-16(21)20(14)22)10-17(24-19)15-9-12(2)7-8-18(15)25/h4-11,25H,3H2,1-2H3,(H,23,24). The van der Waals surface area contributed by atoms with Crippen LogP contribution in [0.3, 0.4) is 0 Å². The molecule has 1 heterocycles. The average Bonchev–Trinajstić information content (AvgIpc) is 2.59. The van der Waals surface area contributed by atoms with Crippen LogP contribution in [0.1, 0.15) is 12.5 Å². The molecule has 0 fully saturated rings. The quantitative estimate of drug-likeness (QED) is 0.691. The normalized spacial score (nSPS) is 10.7. The van der Waals surface area contributed by atoms with Gasteiger partial charge in [0.1, 0.15) is 11.6 Å². The Morgan fingerprint density at radius 1 is 1.04 bits per heavy atom. The molecule has 0 aliphatic heterocycles. The summed E-state index contributed by atoms with van der Waals surface area (Å²) in [5.74, 6) is -1.20. The van der Waals surface area contributed by atoms with Gasteiger partial charge in [-0.15, -0.1) is 0 Å². The smallest absolute Gasteiger partial charge is 0.166 e. The molecule has 3 rings (SSSR count). The van der Waals surface area contributed by atoms with Crippen LogP contribution in [0.15, 0.2) is 48.5 Å². The van der Waals surface area contributed by atoms with Crippen LogP contribution < -0.4 is 5.32 Å². The molecule has 0 saturated heterocycles.